The molecule has 3 nitrogen and oxygen atoms in total. The number of anilines is 1. The van der Waals surface area contributed by atoms with Crippen molar-refractivity contribution in [2.24, 2.45) is 0 Å². The molecule has 21 heavy (non-hydrogen) atoms. The minimum absolute atomic E-state index is 0.128. The Morgan fingerprint density at radius 3 is 2.14 bits per heavy atom. The summed E-state index contributed by atoms with van der Waals surface area (Å²) in [4.78, 5) is 0. The van der Waals surface area contributed by atoms with Crippen LogP contribution in [0.4, 0.5) is 5.82 Å². The van der Waals surface area contributed by atoms with Crippen LogP contribution in [0.5, 0.6) is 0 Å². The minimum atomic E-state index is 0.128. The fourth-order valence-corrected chi connectivity index (χ4v) is 2.49. The highest BCUT2D eigenvalue weighted by molar-refractivity contribution is 5.63. The van der Waals surface area contributed by atoms with Gasteiger partial charge in [-0.2, -0.15) is 5.10 Å². The van der Waals surface area contributed by atoms with Gasteiger partial charge in [0, 0.05) is 5.56 Å². The average Bonchev–Trinajstić information content (AvgIpc) is 2.87. The smallest absolute Gasteiger partial charge is 0.125 e. The van der Waals surface area contributed by atoms with Crippen molar-refractivity contribution in [3.8, 4) is 11.1 Å². The lowest BCUT2D eigenvalue weighted by molar-refractivity contribution is 0.573. The Kier molecular flexibility index (Phi) is 3.48. The van der Waals surface area contributed by atoms with E-state index in [0.717, 1.165) is 11.4 Å². The molecule has 1 aromatic heterocycles. The van der Waals surface area contributed by atoms with Gasteiger partial charge in [0.25, 0.3) is 0 Å². The van der Waals surface area contributed by atoms with Crippen LogP contribution in [0.25, 0.3) is 11.1 Å². The second-order valence-corrected chi connectivity index (χ2v) is 5.32. The number of nitrogens with zero attached hydrogens (tertiary/aromatic N) is 2. The number of aromatic nitrogens is 2. The normalized spacial score (nSPS) is 12.3. The zero-order chi connectivity index (χ0) is 14.8. The maximum atomic E-state index is 6.06. The van der Waals surface area contributed by atoms with Crippen LogP contribution in [0.15, 0.2) is 60.8 Å². The van der Waals surface area contributed by atoms with Gasteiger partial charge in [-0.1, -0.05) is 54.6 Å². The van der Waals surface area contributed by atoms with E-state index in [1.807, 2.05) is 23.9 Å². The van der Waals surface area contributed by atoms with Gasteiger partial charge in [-0.25, -0.2) is 4.68 Å². The molecule has 0 saturated carbocycles. The Labute approximate surface area is 125 Å². The number of benzene rings is 2. The Hall–Kier alpha value is -2.55. The number of nitrogens with two attached hydrogens (primary N) is 1. The summed E-state index contributed by atoms with van der Waals surface area (Å²) >= 11 is 0. The first kappa shape index (κ1) is 13.4. The predicted molar refractivity (Wildman–Crippen MR) is 87.1 cm³/mol. The van der Waals surface area contributed by atoms with E-state index < -0.39 is 0 Å². The van der Waals surface area contributed by atoms with Gasteiger partial charge in [-0.05, 0) is 30.5 Å². The van der Waals surface area contributed by atoms with Gasteiger partial charge < -0.3 is 5.73 Å². The van der Waals surface area contributed by atoms with Crippen molar-refractivity contribution in [2.75, 3.05) is 5.73 Å². The molecule has 1 atom stereocenters. The summed E-state index contributed by atoms with van der Waals surface area (Å²) in [5.41, 5.74) is 10.7. The van der Waals surface area contributed by atoms with E-state index in [1.54, 1.807) is 0 Å². The summed E-state index contributed by atoms with van der Waals surface area (Å²) in [7, 11) is 0. The van der Waals surface area contributed by atoms with Crippen LogP contribution in [-0.2, 0) is 0 Å². The molecule has 0 bridgehead atoms. The van der Waals surface area contributed by atoms with E-state index in [-0.39, 0.29) is 6.04 Å². The van der Waals surface area contributed by atoms with Crippen molar-refractivity contribution in [1.29, 1.82) is 0 Å². The topological polar surface area (TPSA) is 43.8 Å². The molecule has 3 aromatic rings. The zero-order valence-electron chi connectivity index (χ0n) is 12.3. The van der Waals surface area contributed by atoms with Gasteiger partial charge >= 0.3 is 0 Å². The van der Waals surface area contributed by atoms with Crippen LogP contribution < -0.4 is 5.73 Å². The van der Waals surface area contributed by atoms with Gasteiger partial charge in [-0.15, -0.1) is 0 Å². The van der Waals surface area contributed by atoms with E-state index in [4.69, 9.17) is 5.73 Å². The van der Waals surface area contributed by atoms with E-state index >= 15 is 0 Å². The maximum absolute atomic E-state index is 6.06. The van der Waals surface area contributed by atoms with E-state index in [9.17, 15) is 0 Å². The molecule has 2 N–H and O–H groups in total. The molecule has 0 spiro atoms. The first-order chi connectivity index (χ1) is 10.2. The van der Waals surface area contributed by atoms with E-state index in [2.05, 4.69) is 60.6 Å². The third kappa shape index (κ3) is 2.55. The Morgan fingerprint density at radius 2 is 1.57 bits per heavy atom. The van der Waals surface area contributed by atoms with Gasteiger partial charge in [0.15, 0.2) is 0 Å². The quantitative estimate of drug-likeness (QED) is 0.785. The number of aryl methyl sites for hydroxylation is 1. The fourth-order valence-electron chi connectivity index (χ4n) is 2.49. The maximum Gasteiger partial charge on any atom is 0.125 e. The van der Waals surface area contributed by atoms with Crippen LogP contribution in [-0.4, -0.2) is 9.78 Å². The van der Waals surface area contributed by atoms with Gasteiger partial charge in [0.1, 0.15) is 5.82 Å². The largest absolute Gasteiger partial charge is 0.384 e. The second kappa shape index (κ2) is 5.44. The van der Waals surface area contributed by atoms with Crippen molar-refractivity contribution >= 4 is 5.82 Å². The van der Waals surface area contributed by atoms with Crippen molar-refractivity contribution in [2.45, 2.75) is 19.9 Å². The minimum Gasteiger partial charge on any atom is -0.384 e. The predicted octanol–water partition coefficient (Wildman–Crippen LogP) is 4.05. The molecule has 1 unspecified atom stereocenters. The molecule has 0 radical (unpaired) electrons. The number of nitrogen functional groups attached to an aromatic ring is 1. The monoisotopic (exact) mass is 277 g/mol. The van der Waals surface area contributed by atoms with Crippen LogP contribution >= 0.6 is 0 Å². The van der Waals surface area contributed by atoms with Crippen molar-refractivity contribution < 1.29 is 0 Å². The molecule has 3 heteroatoms. The van der Waals surface area contributed by atoms with Gasteiger partial charge in [0.2, 0.25) is 0 Å². The molecule has 0 saturated heterocycles. The molecule has 0 aliphatic heterocycles. The first-order valence-electron chi connectivity index (χ1n) is 7.12. The van der Waals surface area contributed by atoms with Crippen molar-refractivity contribution in [3.63, 3.8) is 0 Å². The number of rotatable bonds is 3. The molecule has 3 rings (SSSR count). The van der Waals surface area contributed by atoms with Crippen LogP contribution in [0.1, 0.15) is 24.1 Å². The number of hydrogen-bond donors (Lipinski definition) is 1. The average molecular weight is 277 g/mol. The summed E-state index contributed by atoms with van der Waals surface area (Å²) in [6, 6.07) is 19.1. The SMILES string of the molecule is Cc1cnn(C(C)c2ccc(-c3ccccc3)cc2)c1N. The van der Waals surface area contributed by atoms with Crippen LogP contribution in [0.2, 0.25) is 0 Å². The highest BCUT2D eigenvalue weighted by Gasteiger charge is 2.12. The summed E-state index contributed by atoms with van der Waals surface area (Å²) in [6.45, 7) is 4.09. The van der Waals surface area contributed by atoms with Gasteiger partial charge in [-0.3, -0.25) is 0 Å². The van der Waals surface area contributed by atoms with Crippen LogP contribution in [0, 0.1) is 6.92 Å². The summed E-state index contributed by atoms with van der Waals surface area (Å²) in [5.74, 6) is 0.731. The lowest BCUT2D eigenvalue weighted by Crippen LogP contribution is -2.11. The third-order valence-corrected chi connectivity index (χ3v) is 3.89. The summed E-state index contributed by atoms with van der Waals surface area (Å²) in [6.07, 6.45) is 1.81. The summed E-state index contributed by atoms with van der Waals surface area (Å²) < 4.78 is 1.87. The molecule has 0 aliphatic carbocycles. The number of hydrogen-bond acceptors (Lipinski definition) is 2. The Morgan fingerprint density at radius 1 is 0.952 bits per heavy atom. The van der Waals surface area contributed by atoms with E-state index in [0.29, 0.717) is 0 Å². The highest BCUT2D eigenvalue weighted by atomic mass is 15.3. The molecular weight excluding hydrogens is 258 g/mol. The van der Waals surface area contributed by atoms with Crippen LogP contribution in [0.3, 0.4) is 0 Å². The van der Waals surface area contributed by atoms with Gasteiger partial charge in [0.05, 0.1) is 12.2 Å². The first-order valence-corrected chi connectivity index (χ1v) is 7.12. The fraction of sp³-hybridized carbons (Fsp3) is 0.167. The van der Waals surface area contributed by atoms with Crippen molar-refractivity contribution in [1.82, 2.24) is 9.78 Å². The Bertz CT molecular complexity index is 727. The summed E-state index contributed by atoms with van der Waals surface area (Å²) in [5, 5.41) is 4.36. The highest BCUT2D eigenvalue weighted by Crippen LogP contribution is 2.25. The van der Waals surface area contributed by atoms with E-state index in [1.165, 1.54) is 16.7 Å². The Balaban J connectivity index is 1.89. The lowest BCUT2D eigenvalue weighted by Gasteiger charge is -2.15. The molecule has 0 aliphatic rings. The second-order valence-electron chi connectivity index (χ2n) is 5.32. The third-order valence-electron chi connectivity index (χ3n) is 3.89. The molecular formula is C18H19N3. The molecule has 0 amide bonds. The zero-order valence-corrected chi connectivity index (χ0v) is 12.3. The standard InChI is InChI=1S/C18H19N3/c1-13-12-20-21(18(13)19)14(2)15-8-10-17(11-9-15)16-6-4-3-5-7-16/h3-12,14H,19H2,1-2H3. The molecule has 106 valence electrons. The van der Waals surface area contributed by atoms with Crippen molar-refractivity contribution in [3.05, 3.63) is 71.9 Å². The molecule has 1 heterocycles. The molecule has 0 fully saturated rings. The lowest BCUT2D eigenvalue weighted by atomic mass is 10.0. The molecule has 2 aromatic carbocycles.